The van der Waals surface area contributed by atoms with E-state index in [1.165, 1.54) is 16.4 Å². The van der Waals surface area contributed by atoms with Crippen molar-refractivity contribution >= 4 is 39.1 Å². The van der Waals surface area contributed by atoms with Crippen molar-refractivity contribution in [3.63, 3.8) is 0 Å². The Hall–Kier alpha value is -2.42. The van der Waals surface area contributed by atoms with Crippen LogP contribution in [0.5, 0.6) is 0 Å². The molecule has 0 atom stereocenters. The number of nitrogens with one attached hydrogen (secondary N) is 2. The maximum atomic E-state index is 12.9. The fourth-order valence-corrected chi connectivity index (χ4v) is 5.34. The second kappa shape index (κ2) is 9.21. The molecule has 2 aromatic carbocycles. The average molecular weight is 476 g/mol. The van der Waals surface area contributed by atoms with Gasteiger partial charge in [0.05, 0.1) is 4.90 Å². The minimum absolute atomic E-state index is 0.135. The second-order valence-electron chi connectivity index (χ2n) is 8.40. The lowest BCUT2D eigenvalue weighted by Crippen LogP contribution is -2.41. The molecular weight excluding hydrogens is 450 g/mol. The first kappa shape index (κ1) is 22.8. The minimum atomic E-state index is -3.62. The average Bonchev–Trinajstić information content (AvgIpc) is 3.59. The van der Waals surface area contributed by atoms with Crippen LogP contribution >= 0.6 is 11.6 Å². The zero-order valence-corrected chi connectivity index (χ0v) is 19.4. The highest BCUT2D eigenvalue weighted by Gasteiger charge is 2.32. The van der Waals surface area contributed by atoms with Crippen LogP contribution in [0.2, 0.25) is 5.02 Å². The minimum Gasteiger partial charge on any atom is -0.349 e. The summed E-state index contributed by atoms with van der Waals surface area (Å²) in [6.45, 7) is 2.41. The Labute approximate surface area is 193 Å². The van der Waals surface area contributed by atoms with Crippen molar-refractivity contribution in [2.45, 2.75) is 43.5 Å². The molecule has 7 nitrogen and oxygen atoms in total. The van der Waals surface area contributed by atoms with Crippen molar-refractivity contribution in [2.75, 3.05) is 18.4 Å². The molecule has 0 spiro atoms. The molecule has 2 aromatic rings. The number of anilines is 1. The number of sulfonamides is 1. The Bertz CT molecular complexity index is 1120. The van der Waals surface area contributed by atoms with Crippen LogP contribution < -0.4 is 10.6 Å². The van der Waals surface area contributed by atoms with Gasteiger partial charge < -0.3 is 10.6 Å². The maximum Gasteiger partial charge on any atom is 0.251 e. The molecule has 4 rings (SSSR count). The van der Waals surface area contributed by atoms with Gasteiger partial charge in [-0.1, -0.05) is 17.7 Å². The number of benzene rings is 2. The predicted octanol–water partition coefficient (Wildman–Crippen LogP) is 3.58. The molecule has 1 aliphatic heterocycles. The van der Waals surface area contributed by atoms with Gasteiger partial charge in [0.1, 0.15) is 0 Å². The van der Waals surface area contributed by atoms with Crippen LogP contribution in [0.4, 0.5) is 5.69 Å². The molecular formula is C23H26ClN3O4S. The summed E-state index contributed by atoms with van der Waals surface area (Å²) in [5.74, 6) is -0.588. The molecule has 1 saturated carbocycles. The van der Waals surface area contributed by atoms with Gasteiger partial charge in [0, 0.05) is 41.3 Å². The van der Waals surface area contributed by atoms with Crippen LogP contribution in [0.1, 0.15) is 41.6 Å². The monoisotopic (exact) mass is 475 g/mol. The number of aryl methyl sites for hydroxylation is 1. The molecule has 170 valence electrons. The Morgan fingerprint density at radius 1 is 1.00 bits per heavy atom. The molecule has 0 unspecified atom stereocenters. The summed E-state index contributed by atoms with van der Waals surface area (Å²) in [6, 6.07) is 11.6. The van der Waals surface area contributed by atoms with Crippen LogP contribution in [0.25, 0.3) is 0 Å². The van der Waals surface area contributed by atoms with E-state index in [0.717, 1.165) is 18.4 Å². The Morgan fingerprint density at radius 2 is 1.66 bits per heavy atom. The summed E-state index contributed by atoms with van der Waals surface area (Å²) < 4.78 is 27.1. The zero-order chi connectivity index (χ0) is 22.9. The molecule has 1 aliphatic carbocycles. The first-order valence-corrected chi connectivity index (χ1v) is 12.5. The van der Waals surface area contributed by atoms with Crippen molar-refractivity contribution in [2.24, 2.45) is 5.92 Å². The molecule has 2 aliphatic rings. The standard InChI is InChI=1S/C23H26ClN3O4S/c1-15-2-3-17(23(29)25-19-6-7-19)14-21(15)26-22(28)16-10-12-27(13-11-16)32(30,31)20-8-4-18(24)5-9-20/h2-5,8-9,14,16,19H,6-7,10-13H2,1H3,(H,25,29)(H,26,28). The fourth-order valence-electron chi connectivity index (χ4n) is 3.74. The van der Waals surface area contributed by atoms with E-state index in [4.69, 9.17) is 11.6 Å². The van der Waals surface area contributed by atoms with Crippen LogP contribution in [-0.2, 0) is 14.8 Å². The van der Waals surface area contributed by atoms with Gasteiger partial charge in [-0.2, -0.15) is 4.31 Å². The van der Waals surface area contributed by atoms with E-state index in [2.05, 4.69) is 10.6 Å². The van der Waals surface area contributed by atoms with Gasteiger partial charge in [-0.25, -0.2) is 8.42 Å². The number of carbonyl (C=O) groups excluding carboxylic acids is 2. The summed E-state index contributed by atoms with van der Waals surface area (Å²) in [7, 11) is -3.62. The normalized spacial score (nSPS) is 17.7. The molecule has 0 radical (unpaired) electrons. The van der Waals surface area contributed by atoms with Crippen LogP contribution in [0.15, 0.2) is 47.4 Å². The number of rotatable bonds is 6. The molecule has 32 heavy (non-hydrogen) atoms. The van der Waals surface area contributed by atoms with Gasteiger partial charge in [-0.15, -0.1) is 0 Å². The van der Waals surface area contributed by atoms with Gasteiger partial charge in [-0.3, -0.25) is 9.59 Å². The lowest BCUT2D eigenvalue weighted by Gasteiger charge is -2.30. The fraction of sp³-hybridized carbons (Fsp3) is 0.391. The molecule has 9 heteroatoms. The van der Waals surface area contributed by atoms with E-state index in [-0.39, 0.29) is 41.8 Å². The number of halogens is 1. The molecule has 2 N–H and O–H groups in total. The summed E-state index contributed by atoms with van der Waals surface area (Å²) in [5.41, 5.74) is 1.99. The Balaban J connectivity index is 1.37. The van der Waals surface area contributed by atoms with Gasteiger partial charge in [-0.05, 0) is 74.6 Å². The SMILES string of the molecule is Cc1ccc(C(=O)NC2CC2)cc1NC(=O)C1CCN(S(=O)(=O)c2ccc(Cl)cc2)CC1. The van der Waals surface area contributed by atoms with E-state index in [9.17, 15) is 18.0 Å². The third kappa shape index (κ3) is 5.14. The smallest absolute Gasteiger partial charge is 0.251 e. The first-order valence-electron chi connectivity index (χ1n) is 10.7. The van der Waals surface area contributed by atoms with Crippen LogP contribution in [0, 0.1) is 12.8 Å². The number of hydrogen-bond acceptors (Lipinski definition) is 4. The summed E-state index contributed by atoms with van der Waals surface area (Å²) in [4.78, 5) is 25.4. The number of carbonyl (C=O) groups is 2. The zero-order valence-electron chi connectivity index (χ0n) is 17.8. The van der Waals surface area contributed by atoms with Crippen molar-refractivity contribution in [3.05, 3.63) is 58.6 Å². The molecule has 0 bridgehead atoms. The third-order valence-electron chi connectivity index (χ3n) is 5.95. The van der Waals surface area contributed by atoms with Crippen molar-refractivity contribution in [3.8, 4) is 0 Å². The summed E-state index contributed by atoms with van der Waals surface area (Å²) in [5, 5.41) is 6.36. The van der Waals surface area contributed by atoms with Crippen LogP contribution in [-0.4, -0.2) is 43.7 Å². The number of amides is 2. The molecule has 2 fully saturated rings. The Morgan fingerprint density at radius 3 is 2.28 bits per heavy atom. The second-order valence-corrected chi connectivity index (χ2v) is 10.8. The van der Waals surface area contributed by atoms with E-state index < -0.39 is 10.0 Å². The highest BCUT2D eigenvalue weighted by molar-refractivity contribution is 7.89. The van der Waals surface area contributed by atoms with Crippen molar-refractivity contribution < 1.29 is 18.0 Å². The lowest BCUT2D eigenvalue weighted by atomic mass is 9.97. The summed E-state index contributed by atoms with van der Waals surface area (Å²) >= 11 is 5.86. The quantitative estimate of drug-likeness (QED) is 0.667. The third-order valence-corrected chi connectivity index (χ3v) is 8.11. The Kier molecular flexibility index (Phi) is 6.55. The number of hydrogen-bond donors (Lipinski definition) is 2. The van der Waals surface area contributed by atoms with E-state index >= 15 is 0 Å². The molecule has 2 amide bonds. The number of piperidine rings is 1. The molecule has 0 aromatic heterocycles. The van der Waals surface area contributed by atoms with Crippen molar-refractivity contribution in [1.82, 2.24) is 9.62 Å². The van der Waals surface area contributed by atoms with E-state index in [1.54, 1.807) is 24.3 Å². The molecule has 1 saturated heterocycles. The topological polar surface area (TPSA) is 95.6 Å². The first-order chi connectivity index (χ1) is 15.2. The maximum absolute atomic E-state index is 12.9. The highest BCUT2D eigenvalue weighted by Crippen LogP contribution is 2.27. The highest BCUT2D eigenvalue weighted by atomic mass is 35.5. The van der Waals surface area contributed by atoms with Crippen molar-refractivity contribution in [1.29, 1.82) is 0 Å². The van der Waals surface area contributed by atoms with E-state index in [0.29, 0.717) is 29.1 Å². The van der Waals surface area contributed by atoms with Gasteiger partial charge >= 0.3 is 0 Å². The molecule has 1 heterocycles. The van der Waals surface area contributed by atoms with Gasteiger partial charge in [0.2, 0.25) is 15.9 Å². The largest absolute Gasteiger partial charge is 0.349 e. The van der Waals surface area contributed by atoms with Gasteiger partial charge in [0.25, 0.3) is 5.91 Å². The van der Waals surface area contributed by atoms with Crippen LogP contribution in [0.3, 0.4) is 0 Å². The lowest BCUT2D eigenvalue weighted by molar-refractivity contribution is -0.120. The number of nitrogens with zero attached hydrogens (tertiary/aromatic N) is 1. The van der Waals surface area contributed by atoms with E-state index in [1.807, 2.05) is 13.0 Å². The summed E-state index contributed by atoms with van der Waals surface area (Å²) in [6.07, 6.45) is 2.88. The predicted molar refractivity (Wildman–Crippen MR) is 123 cm³/mol. The van der Waals surface area contributed by atoms with Gasteiger partial charge in [0.15, 0.2) is 0 Å².